The molecule has 6 heteroatoms. The van der Waals surface area contributed by atoms with E-state index in [0.29, 0.717) is 16.3 Å². The first-order valence-corrected chi connectivity index (χ1v) is 14.1. The van der Waals surface area contributed by atoms with E-state index in [1.807, 2.05) is 35.3 Å². The monoisotopic (exact) mass is 503 g/mol. The zero-order valence-corrected chi connectivity index (χ0v) is 22.0. The van der Waals surface area contributed by atoms with Crippen LogP contribution in [0.5, 0.6) is 11.5 Å². The quantitative estimate of drug-likeness (QED) is 0.0782. The van der Waals surface area contributed by atoms with E-state index in [1.54, 1.807) is 35.8 Å². The number of aromatic hydroxyl groups is 2. The fraction of sp³-hybridized carbons (Fsp3) is 0.400. The maximum atomic E-state index is 10.8. The number of para-hydroxylation sites is 1. The van der Waals surface area contributed by atoms with Gasteiger partial charge in [-0.1, -0.05) is 112 Å². The molecule has 0 aliphatic heterocycles. The molecule has 0 saturated heterocycles. The summed E-state index contributed by atoms with van der Waals surface area (Å²) < 4.78 is 1.13. The van der Waals surface area contributed by atoms with Crippen LogP contribution in [-0.4, -0.2) is 28.0 Å². The number of phenolic OH excluding ortho intramolecular Hbond substituents is 2. The Balaban J connectivity index is 1.42. The summed E-state index contributed by atoms with van der Waals surface area (Å²) in [4.78, 5) is 4.80. The molecule has 5 nitrogen and oxygen atoms in total. The smallest absolute Gasteiger partial charge is 0.207 e. The SMILES string of the molecule is CCCCCCCCCCCCN(N=Cc1cc(O)c2ccccc2c1O)c1nc2ccccc2s1. The molecule has 4 aromatic rings. The molecule has 1 heterocycles. The number of rotatable bonds is 14. The highest BCUT2D eigenvalue weighted by Crippen LogP contribution is 2.35. The van der Waals surface area contributed by atoms with Crippen LogP contribution >= 0.6 is 11.3 Å². The Hall–Kier alpha value is -3.12. The van der Waals surface area contributed by atoms with Crippen molar-refractivity contribution in [3.63, 3.8) is 0 Å². The Morgan fingerprint density at radius 1 is 0.833 bits per heavy atom. The van der Waals surface area contributed by atoms with Crippen LogP contribution in [0, 0.1) is 0 Å². The fourth-order valence-electron chi connectivity index (χ4n) is 4.51. The van der Waals surface area contributed by atoms with Gasteiger partial charge in [-0.25, -0.2) is 9.99 Å². The van der Waals surface area contributed by atoms with Gasteiger partial charge in [0.1, 0.15) is 11.5 Å². The zero-order chi connectivity index (χ0) is 25.2. The van der Waals surface area contributed by atoms with Crippen molar-refractivity contribution in [2.45, 2.75) is 71.1 Å². The van der Waals surface area contributed by atoms with E-state index < -0.39 is 0 Å². The summed E-state index contributed by atoms with van der Waals surface area (Å²) in [6, 6.07) is 17.0. The molecule has 0 amide bonds. The summed E-state index contributed by atoms with van der Waals surface area (Å²) >= 11 is 1.62. The van der Waals surface area contributed by atoms with Gasteiger partial charge in [0.15, 0.2) is 0 Å². The summed E-state index contributed by atoms with van der Waals surface area (Å²) in [5, 5.41) is 30.0. The number of hydrazone groups is 1. The van der Waals surface area contributed by atoms with E-state index in [-0.39, 0.29) is 11.5 Å². The van der Waals surface area contributed by atoms with Gasteiger partial charge in [-0.15, -0.1) is 0 Å². The van der Waals surface area contributed by atoms with E-state index in [0.717, 1.165) is 34.7 Å². The Morgan fingerprint density at radius 2 is 1.47 bits per heavy atom. The number of phenols is 2. The number of aromatic nitrogens is 1. The summed E-state index contributed by atoms with van der Waals surface area (Å²) in [7, 11) is 0. The molecule has 0 aliphatic rings. The molecule has 0 unspecified atom stereocenters. The van der Waals surface area contributed by atoms with Crippen LogP contribution < -0.4 is 5.01 Å². The van der Waals surface area contributed by atoms with Crippen LogP contribution in [0.25, 0.3) is 21.0 Å². The molecule has 36 heavy (non-hydrogen) atoms. The Morgan fingerprint density at radius 3 is 2.19 bits per heavy atom. The number of hydrogen-bond donors (Lipinski definition) is 2. The minimum absolute atomic E-state index is 0.121. The van der Waals surface area contributed by atoms with E-state index >= 15 is 0 Å². The van der Waals surface area contributed by atoms with Crippen LogP contribution in [0.2, 0.25) is 0 Å². The lowest BCUT2D eigenvalue weighted by Crippen LogP contribution is -2.18. The van der Waals surface area contributed by atoms with Gasteiger partial charge >= 0.3 is 0 Å². The number of unbranched alkanes of at least 4 members (excludes halogenated alkanes) is 9. The molecule has 0 aliphatic carbocycles. The molecule has 0 spiro atoms. The molecule has 190 valence electrons. The van der Waals surface area contributed by atoms with Gasteiger partial charge in [-0.05, 0) is 24.6 Å². The van der Waals surface area contributed by atoms with Gasteiger partial charge in [0.05, 0.1) is 16.4 Å². The van der Waals surface area contributed by atoms with E-state index in [4.69, 9.17) is 10.1 Å². The Labute approximate surface area is 218 Å². The van der Waals surface area contributed by atoms with Gasteiger partial charge in [0.25, 0.3) is 0 Å². The van der Waals surface area contributed by atoms with Crippen molar-refractivity contribution < 1.29 is 10.2 Å². The average molecular weight is 504 g/mol. The third-order valence-corrected chi connectivity index (χ3v) is 7.64. The number of benzene rings is 3. The molecule has 0 atom stereocenters. The van der Waals surface area contributed by atoms with Crippen LogP contribution in [0.4, 0.5) is 5.13 Å². The fourth-order valence-corrected chi connectivity index (χ4v) is 5.46. The number of hydrogen-bond acceptors (Lipinski definition) is 6. The van der Waals surface area contributed by atoms with Crippen LogP contribution in [0.3, 0.4) is 0 Å². The lowest BCUT2D eigenvalue weighted by Gasteiger charge is -2.16. The number of nitrogens with zero attached hydrogens (tertiary/aromatic N) is 3. The third kappa shape index (κ3) is 6.76. The maximum Gasteiger partial charge on any atom is 0.207 e. The minimum atomic E-state index is 0.121. The third-order valence-electron chi connectivity index (χ3n) is 6.59. The van der Waals surface area contributed by atoms with E-state index in [9.17, 15) is 10.2 Å². The minimum Gasteiger partial charge on any atom is -0.507 e. The standard InChI is InChI=1S/C30H37N3O2S/c1-2-3-4-5-6-7-8-9-10-15-20-33(30-32-26-18-13-14-19-28(26)36-30)31-22-23-21-27(34)24-16-11-12-17-25(24)29(23)35/h11-14,16-19,21-22,34-35H,2-10,15,20H2,1H3. The summed E-state index contributed by atoms with van der Waals surface area (Å²) in [6.45, 7) is 3.02. The average Bonchev–Trinajstić information content (AvgIpc) is 3.33. The van der Waals surface area contributed by atoms with Gasteiger partial charge in [-0.3, -0.25) is 0 Å². The second-order valence-electron chi connectivity index (χ2n) is 9.39. The molecular weight excluding hydrogens is 466 g/mol. The molecule has 4 rings (SSSR count). The van der Waals surface area contributed by atoms with Gasteiger partial charge in [-0.2, -0.15) is 5.10 Å². The van der Waals surface area contributed by atoms with E-state index in [2.05, 4.69) is 13.0 Å². The Bertz CT molecular complexity index is 1250. The van der Waals surface area contributed by atoms with Crippen LogP contribution in [-0.2, 0) is 0 Å². The molecule has 0 fully saturated rings. The topological polar surface area (TPSA) is 69.0 Å². The first-order valence-electron chi connectivity index (χ1n) is 13.3. The summed E-state index contributed by atoms with van der Waals surface area (Å²) in [5.74, 6) is 0.251. The van der Waals surface area contributed by atoms with Crippen LogP contribution in [0.15, 0.2) is 59.7 Å². The lowest BCUT2D eigenvalue weighted by molar-refractivity contribution is 0.469. The highest BCUT2D eigenvalue weighted by molar-refractivity contribution is 7.22. The molecule has 0 bridgehead atoms. The van der Waals surface area contributed by atoms with Gasteiger partial charge in [0.2, 0.25) is 5.13 Å². The zero-order valence-electron chi connectivity index (χ0n) is 21.2. The molecule has 0 radical (unpaired) electrons. The number of thiazole rings is 1. The van der Waals surface area contributed by atoms with Crippen molar-refractivity contribution >= 4 is 43.7 Å². The highest BCUT2D eigenvalue weighted by atomic mass is 32.1. The predicted octanol–water partition coefficient (Wildman–Crippen LogP) is 8.62. The maximum absolute atomic E-state index is 10.8. The second kappa shape index (κ2) is 13.3. The summed E-state index contributed by atoms with van der Waals surface area (Å²) in [6.07, 6.45) is 14.4. The molecule has 1 aromatic heterocycles. The Kier molecular flexibility index (Phi) is 9.56. The lowest BCUT2D eigenvalue weighted by atomic mass is 10.0. The second-order valence-corrected chi connectivity index (χ2v) is 10.4. The predicted molar refractivity (Wildman–Crippen MR) is 154 cm³/mol. The molecular formula is C30H37N3O2S. The number of fused-ring (bicyclic) bond motifs is 2. The molecule has 0 saturated carbocycles. The van der Waals surface area contributed by atoms with Crippen molar-refractivity contribution in [3.05, 3.63) is 60.2 Å². The first kappa shape index (κ1) is 26.0. The highest BCUT2D eigenvalue weighted by Gasteiger charge is 2.13. The van der Waals surface area contributed by atoms with Crippen molar-refractivity contribution in [2.75, 3.05) is 11.6 Å². The molecule has 3 aromatic carbocycles. The van der Waals surface area contributed by atoms with Crippen LogP contribution in [0.1, 0.15) is 76.7 Å². The number of anilines is 1. The van der Waals surface area contributed by atoms with Crippen molar-refractivity contribution in [2.24, 2.45) is 5.10 Å². The van der Waals surface area contributed by atoms with Crippen molar-refractivity contribution in [1.82, 2.24) is 4.98 Å². The van der Waals surface area contributed by atoms with E-state index in [1.165, 1.54) is 51.4 Å². The normalized spacial score (nSPS) is 11.7. The largest absolute Gasteiger partial charge is 0.507 e. The summed E-state index contributed by atoms with van der Waals surface area (Å²) in [5.41, 5.74) is 1.45. The van der Waals surface area contributed by atoms with Crippen molar-refractivity contribution in [3.8, 4) is 11.5 Å². The molecule has 2 N–H and O–H groups in total. The van der Waals surface area contributed by atoms with Gasteiger partial charge < -0.3 is 10.2 Å². The van der Waals surface area contributed by atoms with Crippen molar-refractivity contribution in [1.29, 1.82) is 0 Å². The van der Waals surface area contributed by atoms with Gasteiger partial charge in [0, 0.05) is 22.9 Å². The first-order chi connectivity index (χ1) is 17.7.